The van der Waals surface area contributed by atoms with E-state index in [0.29, 0.717) is 17.1 Å². The van der Waals surface area contributed by atoms with Gasteiger partial charge in [0.2, 0.25) is 0 Å². The van der Waals surface area contributed by atoms with Crippen LogP contribution in [-0.2, 0) is 13.0 Å². The first-order valence-electron chi connectivity index (χ1n) is 6.69. The number of rotatable bonds is 4. The summed E-state index contributed by atoms with van der Waals surface area (Å²) in [6.07, 6.45) is 0.844. The van der Waals surface area contributed by atoms with E-state index in [1.165, 1.54) is 17.7 Å². The Bertz CT molecular complexity index is 793. The molecule has 0 atom stereocenters. The minimum absolute atomic E-state index is 0.281. The third-order valence-corrected chi connectivity index (χ3v) is 3.62. The zero-order chi connectivity index (χ0) is 14.7. The van der Waals surface area contributed by atoms with Crippen molar-refractivity contribution in [3.63, 3.8) is 0 Å². The first-order valence-corrected chi connectivity index (χ1v) is 7.10. The molecular weight excluding hydrogens is 285 g/mol. The van der Waals surface area contributed by atoms with E-state index in [4.69, 9.17) is 12.2 Å². The van der Waals surface area contributed by atoms with Crippen molar-refractivity contribution < 1.29 is 4.39 Å². The number of halogens is 1. The number of H-pyrrole nitrogens is 1. The molecule has 2 aromatic carbocycles. The van der Waals surface area contributed by atoms with Gasteiger partial charge in [0.25, 0.3) is 0 Å². The molecule has 0 unspecified atom stereocenters. The standard InChI is InChI=1S/C16H14FN3S/c17-14-8-4-7-13(11-14)15-18-19-16(21)20(15)10-9-12-5-2-1-3-6-12/h1-8,11H,9-10H2,(H,19,21). The first-order chi connectivity index (χ1) is 10.2. The highest BCUT2D eigenvalue weighted by atomic mass is 32.1. The fraction of sp³-hybridized carbons (Fsp3) is 0.125. The van der Waals surface area contributed by atoms with Crippen molar-refractivity contribution in [2.45, 2.75) is 13.0 Å². The third kappa shape index (κ3) is 3.08. The van der Waals surface area contributed by atoms with E-state index < -0.39 is 0 Å². The Balaban J connectivity index is 1.89. The lowest BCUT2D eigenvalue weighted by Crippen LogP contribution is -2.04. The van der Waals surface area contributed by atoms with Crippen LogP contribution in [0.15, 0.2) is 54.6 Å². The van der Waals surface area contributed by atoms with Gasteiger partial charge < -0.3 is 0 Å². The highest BCUT2D eigenvalue weighted by Crippen LogP contribution is 2.18. The van der Waals surface area contributed by atoms with Crippen LogP contribution >= 0.6 is 12.2 Å². The number of hydrogen-bond acceptors (Lipinski definition) is 2. The largest absolute Gasteiger partial charge is 0.300 e. The first kappa shape index (κ1) is 13.7. The molecule has 3 rings (SSSR count). The summed E-state index contributed by atoms with van der Waals surface area (Å²) in [6, 6.07) is 16.5. The lowest BCUT2D eigenvalue weighted by Gasteiger charge is -2.07. The molecule has 0 radical (unpaired) electrons. The summed E-state index contributed by atoms with van der Waals surface area (Å²) in [7, 11) is 0. The van der Waals surface area contributed by atoms with Gasteiger partial charge in [-0.25, -0.2) is 4.39 Å². The Hall–Kier alpha value is -2.27. The highest BCUT2D eigenvalue weighted by Gasteiger charge is 2.09. The molecule has 1 aromatic heterocycles. The zero-order valence-electron chi connectivity index (χ0n) is 11.3. The number of nitrogens with one attached hydrogen (secondary N) is 1. The van der Waals surface area contributed by atoms with E-state index in [-0.39, 0.29) is 5.82 Å². The van der Waals surface area contributed by atoms with E-state index in [9.17, 15) is 4.39 Å². The highest BCUT2D eigenvalue weighted by molar-refractivity contribution is 7.71. The van der Waals surface area contributed by atoms with Crippen LogP contribution in [0.5, 0.6) is 0 Å². The van der Waals surface area contributed by atoms with Crippen molar-refractivity contribution in [1.29, 1.82) is 0 Å². The summed E-state index contributed by atoms with van der Waals surface area (Å²) in [4.78, 5) is 0. The molecule has 0 amide bonds. The van der Waals surface area contributed by atoms with Crippen molar-refractivity contribution in [2.24, 2.45) is 0 Å². The Kier molecular flexibility index (Phi) is 3.92. The Morgan fingerprint density at radius 3 is 2.67 bits per heavy atom. The minimum Gasteiger partial charge on any atom is -0.300 e. The summed E-state index contributed by atoms with van der Waals surface area (Å²) in [5, 5.41) is 7.00. The maximum absolute atomic E-state index is 13.4. The smallest absolute Gasteiger partial charge is 0.195 e. The predicted molar refractivity (Wildman–Crippen MR) is 83.0 cm³/mol. The lowest BCUT2D eigenvalue weighted by molar-refractivity contribution is 0.627. The number of benzene rings is 2. The van der Waals surface area contributed by atoms with Gasteiger partial charge in [0, 0.05) is 12.1 Å². The molecule has 3 nitrogen and oxygen atoms in total. The number of hydrogen-bond donors (Lipinski definition) is 1. The number of nitrogens with zero attached hydrogens (tertiary/aromatic N) is 2. The Morgan fingerprint density at radius 2 is 1.90 bits per heavy atom. The van der Waals surface area contributed by atoms with E-state index >= 15 is 0 Å². The van der Waals surface area contributed by atoms with Gasteiger partial charge in [-0.2, -0.15) is 5.10 Å². The summed E-state index contributed by atoms with van der Waals surface area (Å²) in [5.41, 5.74) is 1.95. The minimum atomic E-state index is -0.281. The Labute approximate surface area is 127 Å². The summed E-state index contributed by atoms with van der Waals surface area (Å²) in [5.74, 6) is 0.381. The van der Waals surface area contributed by atoms with E-state index in [1.54, 1.807) is 6.07 Å². The molecule has 106 valence electrons. The normalized spacial score (nSPS) is 10.7. The van der Waals surface area contributed by atoms with Crippen LogP contribution in [0.4, 0.5) is 4.39 Å². The van der Waals surface area contributed by atoms with Crippen molar-refractivity contribution in [1.82, 2.24) is 14.8 Å². The van der Waals surface area contributed by atoms with Crippen LogP contribution in [0.2, 0.25) is 0 Å². The average molecular weight is 299 g/mol. The Morgan fingerprint density at radius 1 is 1.10 bits per heavy atom. The number of aryl methyl sites for hydroxylation is 1. The molecule has 21 heavy (non-hydrogen) atoms. The van der Waals surface area contributed by atoms with E-state index in [1.807, 2.05) is 28.8 Å². The maximum atomic E-state index is 13.4. The number of aromatic amines is 1. The molecule has 1 heterocycles. The van der Waals surface area contributed by atoms with Crippen LogP contribution in [0.1, 0.15) is 5.56 Å². The molecule has 0 saturated heterocycles. The second-order valence-electron chi connectivity index (χ2n) is 4.75. The van der Waals surface area contributed by atoms with Gasteiger partial charge in [0.15, 0.2) is 10.6 Å². The van der Waals surface area contributed by atoms with Gasteiger partial charge in [0.1, 0.15) is 5.82 Å². The third-order valence-electron chi connectivity index (χ3n) is 3.31. The van der Waals surface area contributed by atoms with Gasteiger partial charge >= 0.3 is 0 Å². The lowest BCUT2D eigenvalue weighted by atomic mass is 10.1. The fourth-order valence-corrected chi connectivity index (χ4v) is 2.48. The van der Waals surface area contributed by atoms with Gasteiger partial charge in [-0.1, -0.05) is 42.5 Å². The molecule has 0 bridgehead atoms. The molecule has 0 aliphatic rings. The van der Waals surface area contributed by atoms with Crippen LogP contribution in [0.25, 0.3) is 11.4 Å². The van der Waals surface area contributed by atoms with E-state index in [2.05, 4.69) is 22.3 Å². The van der Waals surface area contributed by atoms with Crippen LogP contribution < -0.4 is 0 Å². The van der Waals surface area contributed by atoms with Crippen LogP contribution in [0.3, 0.4) is 0 Å². The monoisotopic (exact) mass is 299 g/mol. The fourth-order valence-electron chi connectivity index (χ4n) is 2.26. The van der Waals surface area contributed by atoms with Crippen molar-refractivity contribution in [3.8, 4) is 11.4 Å². The second kappa shape index (κ2) is 6.01. The van der Waals surface area contributed by atoms with Crippen LogP contribution in [-0.4, -0.2) is 14.8 Å². The average Bonchev–Trinajstić information content (AvgIpc) is 2.87. The van der Waals surface area contributed by atoms with Crippen molar-refractivity contribution >= 4 is 12.2 Å². The van der Waals surface area contributed by atoms with Gasteiger partial charge in [0.05, 0.1) is 0 Å². The molecule has 5 heteroatoms. The van der Waals surface area contributed by atoms with Gasteiger partial charge in [-0.05, 0) is 36.3 Å². The molecule has 1 N–H and O–H groups in total. The molecule has 0 aliphatic carbocycles. The summed E-state index contributed by atoms with van der Waals surface area (Å²) < 4.78 is 15.8. The molecule has 0 spiro atoms. The van der Waals surface area contributed by atoms with Gasteiger partial charge in [-0.3, -0.25) is 9.67 Å². The number of aromatic nitrogens is 3. The SMILES string of the molecule is Fc1cccc(-c2n[nH]c(=S)n2CCc2ccccc2)c1. The second-order valence-corrected chi connectivity index (χ2v) is 5.14. The van der Waals surface area contributed by atoms with Crippen molar-refractivity contribution in [3.05, 3.63) is 70.7 Å². The molecule has 0 aliphatic heterocycles. The summed E-state index contributed by atoms with van der Waals surface area (Å²) >= 11 is 5.27. The van der Waals surface area contributed by atoms with Gasteiger partial charge in [-0.15, -0.1) is 0 Å². The molecule has 3 aromatic rings. The van der Waals surface area contributed by atoms with E-state index in [0.717, 1.165) is 12.0 Å². The zero-order valence-corrected chi connectivity index (χ0v) is 12.1. The quantitative estimate of drug-likeness (QED) is 0.739. The predicted octanol–water partition coefficient (Wildman–Crippen LogP) is 3.99. The van der Waals surface area contributed by atoms with Crippen molar-refractivity contribution in [2.75, 3.05) is 0 Å². The molecule has 0 saturated carbocycles. The maximum Gasteiger partial charge on any atom is 0.195 e. The topological polar surface area (TPSA) is 33.6 Å². The molecular formula is C16H14FN3S. The van der Waals surface area contributed by atoms with Crippen LogP contribution in [0, 0.1) is 10.6 Å². The molecule has 0 fully saturated rings. The summed E-state index contributed by atoms with van der Waals surface area (Å²) in [6.45, 7) is 0.700.